The van der Waals surface area contributed by atoms with Gasteiger partial charge in [-0.3, -0.25) is 0 Å². The molecular formula is C13H19F3N2. The third-order valence-electron chi connectivity index (χ3n) is 2.94. The van der Waals surface area contributed by atoms with E-state index in [1.165, 1.54) is 12.1 Å². The molecule has 1 aromatic carbocycles. The van der Waals surface area contributed by atoms with Gasteiger partial charge in [-0.25, -0.2) is 0 Å². The molecule has 0 bridgehead atoms. The molecule has 18 heavy (non-hydrogen) atoms. The van der Waals surface area contributed by atoms with Crippen molar-refractivity contribution in [3.05, 3.63) is 35.4 Å². The standard InChI is InChI=1S/C13H19F3N2/c1-9(2)12(7-17)18-8-10-5-3-4-6-11(10)13(14,15)16/h3-6,9,12,18H,7-8,17H2,1-2H3. The lowest BCUT2D eigenvalue weighted by molar-refractivity contribution is -0.138. The van der Waals surface area contributed by atoms with Crippen molar-refractivity contribution >= 4 is 0 Å². The zero-order valence-electron chi connectivity index (χ0n) is 10.6. The Balaban J connectivity index is 2.79. The maximum absolute atomic E-state index is 12.8. The van der Waals surface area contributed by atoms with Gasteiger partial charge >= 0.3 is 6.18 Å². The number of nitrogens with two attached hydrogens (primary N) is 1. The molecule has 5 heteroatoms. The topological polar surface area (TPSA) is 38.0 Å². The Labute approximate surface area is 105 Å². The van der Waals surface area contributed by atoms with E-state index in [4.69, 9.17) is 5.73 Å². The highest BCUT2D eigenvalue weighted by molar-refractivity contribution is 5.29. The lowest BCUT2D eigenvalue weighted by atomic mass is 10.0. The summed E-state index contributed by atoms with van der Waals surface area (Å²) in [7, 11) is 0. The first-order valence-corrected chi connectivity index (χ1v) is 5.94. The Kier molecular flexibility index (Phi) is 5.16. The van der Waals surface area contributed by atoms with Gasteiger partial charge in [-0.15, -0.1) is 0 Å². The van der Waals surface area contributed by atoms with E-state index >= 15 is 0 Å². The second-order valence-electron chi connectivity index (χ2n) is 4.62. The number of hydrogen-bond acceptors (Lipinski definition) is 2. The Bertz CT molecular complexity index is 375. The number of nitrogens with one attached hydrogen (secondary N) is 1. The van der Waals surface area contributed by atoms with Crippen LogP contribution in [0.3, 0.4) is 0 Å². The zero-order valence-corrected chi connectivity index (χ0v) is 10.6. The van der Waals surface area contributed by atoms with Gasteiger partial charge in [0.2, 0.25) is 0 Å². The molecule has 0 aliphatic carbocycles. The summed E-state index contributed by atoms with van der Waals surface area (Å²) in [5, 5.41) is 3.07. The van der Waals surface area contributed by atoms with Gasteiger partial charge in [-0.05, 0) is 17.5 Å². The van der Waals surface area contributed by atoms with Crippen LogP contribution in [0.4, 0.5) is 13.2 Å². The largest absolute Gasteiger partial charge is 0.416 e. The summed E-state index contributed by atoms with van der Waals surface area (Å²) in [5.41, 5.74) is 5.24. The van der Waals surface area contributed by atoms with Crippen LogP contribution in [0.15, 0.2) is 24.3 Å². The van der Waals surface area contributed by atoms with Gasteiger partial charge in [0.1, 0.15) is 0 Å². The molecule has 0 aliphatic rings. The molecule has 0 radical (unpaired) electrons. The molecule has 0 amide bonds. The van der Waals surface area contributed by atoms with Crippen LogP contribution < -0.4 is 11.1 Å². The predicted octanol–water partition coefficient (Wildman–Crippen LogP) is 2.78. The van der Waals surface area contributed by atoms with Crippen molar-refractivity contribution < 1.29 is 13.2 Å². The molecular weight excluding hydrogens is 241 g/mol. The van der Waals surface area contributed by atoms with Gasteiger partial charge in [0.05, 0.1) is 5.56 Å². The fourth-order valence-corrected chi connectivity index (χ4v) is 1.78. The molecule has 3 N–H and O–H groups in total. The fraction of sp³-hybridized carbons (Fsp3) is 0.538. The number of benzene rings is 1. The van der Waals surface area contributed by atoms with Gasteiger partial charge in [0.25, 0.3) is 0 Å². The zero-order chi connectivity index (χ0) is 13.8. The van der Waals surface area contributed by atoms with Gasteiger partial charge in [-0.2, -0.15) is 13.2 Å². The van der Waals surface area contributed by atoms with Crippen LogP contribution >= 0.6 is 0 Å². The normalized spacial score (nSPS) is 13.9. The first kappa shape index (κ1) is 15.0. The first-order chi connectivity index (χ1) is 8.36. The molecule has 1 aromatic rings. The third-order valence-corrected chi connectivity index (χ3v) is 2.94. The molecule has 0 saturated carbocycles. The molecule has 1 unspecified atom stereocenters. The molecule has 0 fully saturated rings. The van der Waals surface area contributed by atoms with Crippen molar-refractivity contribution in [2.45, 2.75) is 32.6 Å². The average Bonchev–Trinajstić information content (AvgIpc) is 2.28. The van der Waals surface area contributed by atoms with Gasteiger partial charge in [0, 0.05) is 19.1 Å². The van der Waals surface area contributed by atoms with E-state index < -0.39 is 11.7 Å². The molecule has 0 aromatic heterocycles. The maximum Gasteiger partial charge on any atom is 0.416 e. The molecule has 1 atom stereocenters. The summed E-state index contributed by atoms with van der Waals surface area (Å²) in [4.78, 5) is 0. The summed E-state index contributed by atoms with van der Waals surface area (Å²) >= 11 is 0. The highest BCUT2D eigenvalue weighted by Crippen LogP contribution is 2.31. The van der Waals surface area contributed by atoms with E-state index in [-0.39, 0.29) is 24.1 Å². The van der Waals surface area contributed by atoms with Crippen LogP contribution in [-0.2, 0) is 12.7 Å². The predicted molar refractivity (Wildman–Crippen MR) is 66.0 cm³/mol. The molecule has 0 aliphatic heterocycles. The molecule has 102 valence electrons. The molecule has 0 saturated heterocycles. The average molecular weight is 260 g/mol. The first-order valence-electron chi connectivity index (χ1n) is 5.94. The number of halogens is 3. The fourth-order valence-electron chi connectivity index (χ4n) is 1.78. The number of alkyl halides is 3. The Morgan fingerprint density at radius 1 is 1.22 bits per heavy atom. The summed E-state index contributed by atoms with van der Waals surface area (Å²) in [5.74, 6) is 0.285. The van der Waals surface area contributed by atoms with Gasteiger partial charge in [0.15, 0.2) is 0 Å². The second-order valence-corrected chi connectivity index (χ2v) is 4.62. The molecule has 2 nitrogen and oxygen atoms in total. The highest BCUT2D eigenvalue weighted by Gasteiger charge is 2.32. The van der Waals surface area contributed by atoms with Gasteiger partial charge in [-0.1, -0.05) is 32.0 Å². The van der Waals surface area contributed by atoms with Crippen molar-refractivity contribution in [1.82, 2.24) is 5.32 Å². The van der Waals surface area contributed by atoms with Crippen molar-refractivity contribution in [3.63, 3.8) is 0 Å². The van der Waals surface area contributed by atoms with Gasteiger partial charge < -0.3 is 11.1 Å². The SMILES string of the molecule is CC(C)C(CN)NCc1ccccc1C(F)(F)F. The van der Waals surface area contributed by atoms with E-state index in [1.54, 1.807) is 6.07 Å². The summed E-state index contributed by atoms with van der Waals surface area (Å²) < 4.78 is 38.3. The van der Waals surface area contributed by atoms with Crippen LogP contribution in [0.2, 0.25) is 0 Å². The molecule has 0 heterocycles. The number of hydrogen-bond donors (Lipinski definition) is 2. The van der Waals surface area contributed by atoms with Crippen molar-refractivity contribution in [3.8, 4) is 0 Å². The minimum absolute atomic E-state index is 0.0197. The molecule has 0 spiro atoms. The van der Waals surface area contributed by atoms with Crippen LogP contribution in [-0.4, -0.2) is 12.6 Å². The minimum atomic E-state index is -4.31. The van der Waals surface area contributed by atoms with Crippen molar-refractivity contribution in [1.29, 1.82) is 0 Å². The van der Waals surface area contributed by atoms with Crippen LogP contribution in [0.5, 0.6) is 0 Å². The second kappa shape index (κ2) is 6.20. The van der Waals surface area contributed by atoms with E-state index in [9.17, 15) is 13.2 Å². The highest BCUT2D eigenvalue weighted by atomic mass is 19.4. The van der Waals surface area contributed by atoms with Crippen LogP contribution in [0.1, 0.15) is 25.0 Å². The third kappa shape index (κ3) is 3.99. The molecule has 1 rings (SSSR count). The Morgan fingerprint density at radius 2 is 1.83 bits per heavy atom. The smallest absolute Gasteiger partial charge is 0.329 e. The van der Waals surface area contributed by atoms with Crippen LogP contribution in [0.25, 0.3) is 0 Å². The van der Waals surface area contributed by atoms with E-state index in [0.29, 0.717) is 6.54 Å². The lowest BCUT2D eigenvalue weighted by Crippen LogP contribution is -2.40. The summed E-state index contributed by atoms with van der Waals surface area (Å²) in [6, 6.07) is 5.62. The van der Waals surface area contributed by atoms with Crippen molar-refractivity contribution in [2.75, 3.05) is 6.54 Å². The van der Waals surface area contributed by atoms with Crippen molar-refractivity contribution in [2.24, 2.45) is 11.7 Å². The summed E-state index contributed by atoms with van der Waals surface area (Å²) in [6.45, 7) is 4.56. The lowest BCUT2D eigenvalue weighted by Gasteiger charge is -2.21. The van der Waals surface area contributed by atoms with E-state index in [0.717, 1.165) is 6.07 Å². The van der Waals surface area contributed by atoms with Crippen LogP contribution in [0, 0.1) is 5.92 Å². The minimum Gasteiger partial charge on any atom is -0.329 e. The maximum atomic E-state index is 12.8. The Morgan fingerprint density at radius 3 is 2.33 bits per heavy atom. The number of rotatable bonds is 5. The quantitative estimate of drug-likeness (QED) is 0.854. The summed E-state index contributed by atoms with van der Waals surface area (Å²) in [6.07, 6.45) is -4.31. The monoisotopic (exact) mass is 260 g/mol. The van der Waals surface area contributed by atoms with E-state index in [1.807, 2.05) is 13.8 Å². The Hall–Kier alpha value is -1.07. The van der Waals surface area contributed by atoms with E-state index in [2.05, 4.69) is 5.32 Å².